The van der Waals surface area contributed by atoms with Crippen LogP contribution in [-0.2, 0) is 14.4 Å². The number of piperidine rings is 1. The van der Waals surface area contributed by atoms with Crippen molar-refractivity contribution < 1.29 is 19.5 Å². The van der Waals surface area contributed by atoms with E-state index in [0.717, 1.165) is 12.8 Å². The Morgan fingerprint density at radius 3 is 2.48 bits per heavy atom. The van der Waals surface area contributed by atoms with Crippen molar-refractivity contribution >= 4 is 17.8 Å². The third-order valence-electron chi connectivity index (χ3n) is 5.00. The van der Waals surface area contributed by atoms with Gasteiger partial charge >= 0.3 is 5.97 Å². The maximum atomic E-state index is 12.5. The maximum Gasteiger partial charge on any atom is 0.309 e. The fraction of sp³-hybridized carbons (Fsp3) is 0.800. The summed E-state index contributed by atoms with van der Waals surface area (Å²) in [5.74, 6) is -1.12. The van der Waals surface area contributed by atoms with Crippen molar-refractivity contribution in [1.82, 2.24) is 9.80 Å². The highest BCUT2D eigenvalue weighted by Gasteiger charge is 2.42. The van der Waals surface area contributed by atoms with Crippen molar-refractivity contribution in [3.8, 4) is 0 Å². The summed E-state index contributed by atoms with van der Waals surface area (Å²) in [7, 11) is 1.71. The van der Waals surface area contributed by atoms with Gasteiger partial charge in [-0.25, -0.2) is 0 Å². The Kier molecular flexibility index (Phi) is 4.25. The predicted molar refractivity (Wildman–Crippen MR) is 76.5 cm³/mol. The van der Waals surface area contributed by atoms with Gasteiger partial charge in [0.1, 0.15) is 0 Å². The monoisotopic (exact) mass is 296 g/mol. The van der Waals surface area contributed by atoms with E-state index in [9.17, 15) is 19.5 Å². The molecule has 2 aliphatic rings. The fourth-order valence-electron chi connectivity index (χ4n) is 3.23. The molecule has 2 atom stereocenters. The van der Waals surface area contributed by atoms with E-state index in [1.165, 1.54) is 0 Å². The van der Waals surface area contributed by atoms with Crippen LogP contribution in [0.15, 0.2) is 0 Å². The highest BCUT2D eigenvalue weighted by atomic mass is 16.4. The molecular formula is C15H24N2O4. The highest BCUT2D eigenvalue weighted by Crippen LogP contribution is 2.35. The van der Waals surface area contributed by atoms with Crippen LogP contribution in [0.5, 0.6) is 0 Å². The molecule has 0 radical (unpaired) electrons. The van der Waals surface area contributed by atoms with Crippen LogP contribution in [0.3, 0.4) is 0 Å². The Hall–Kier alpha value is -1.59. The molecular weight excluding hydrogens is 272 g/mol. The summed E-state index contributed by atoms with van der Waals surface area (Å²) in [4.78, 5) is 38.8. The summed E-state index contributed by atoms with van der Waals surface area (Å²) in [5.41, 5.74) is -0.832. The third kappa shape index (κ3) is 3.04. The SMILES string of the molecule is CN1CC(C(=O)N2CCCC(C(C)(C)C(=O)O)C2)CC1=O. The Labute approximate surface area is 125 Å². The lowest BCUT2D eigenvalue weighted by Crippen LogP contribution is -2.48. The standard InChI is InChI=1S/C15H24N2O4/c1-15(2,14(20)21)11-5-4-6-17(9-11)13(19)10-7-12(18)16(3)8-10/h10-11H,4-9H2,1-3H3,(H,20,21). The molecule has 0 aliphatic carbocycles. The van der Waals surface area contributed by atoms with Crippen LogP contribution >= 0.6 is 0 Å². The zero-order valence-electron chi connectivity index (χ0n) is 13.0. The minimum Gasteiger partial charge on any atom is -0.481 e. The van der Waals surface area contributed by atoms with Crippen LogP contribution in [-0.4, -0.2) is 59.4 Å². The predicted octanol–water partition coefficient (Wildman–Crippen LogP) is 0.814. The molecule has 2 amide bonds. The van der Waals surface area contributed by atoms with Crippen molar-refractivity contribution in [3.63, 3.8) is 0 Å². The summed E-state index contributed by atoms with van der Waals surface area (Å²) >= 11 is 0. The van der Waals surface area contributed by atoms with Crippen molar-refractivity contribution in [2.75, 3.05) is 26.7 Å². The number of carboxylic acids is 1. The molecule has 2 unspecified atom stereocenters. The summed E-state index contributed by atoms with van der Waals surface area (Å²) in [6, 6.07) is 0. The summed E-state index contributed by atoms with van der Waals surface area (Å²) in [5, 5.41) is 9.34. The molecule has 2 aliphatic heterocycles. The molecule has 1 N–H and O–H groups in total. The Morgan fingerprint density at radius 1 is 1.29 bits per heavy atom. The first kappa shape index (κ1) is 15.8. The summed E-state index contributed by atoms with van der Waals surface area (Å²) < 4.78 is 0. The molecule has 2 rings (SSSR count). The Morgan fingerprint density at radius 2 is 1.95 bits per heavy atom. The average molecular weight is 296 g/mol. The van der Waals surface area contributed by atoms with Crippen molar-refractivity contribution in [2.24, 2.45) is 17.3 Å². The van der Waals surface area contributed by atoms with Gasteiger partial charge in [0.15, 0.2) is 0 Å². The first-order valence-corrected chi connectivity index (χ1v) is 7.49. The lowest BCUT2D eigenvalue weighted by atomic mass is 9.74. The largest absolute Gasteiger partial charge is 0.481 e. The van der Waals surface area contributed by atoms with Gasteiger partial charge in [0.05, 0.1) is 11.3 Å². The number of amides is 2. The van der Waals surface area contributed by atoms with Gasteiger partial charge in [-0.05, 0) is 32.6 Å². The fourth-order valence-corrected chi connectivity index (χ4v) is 3.23. The maximum absolute atomic E-state index is 12.5. The van der Waals surface area contributed by atoms with E-state index in [0.29, 0.717) is 19.6 Å². The molecule has 0 spiro atoms. The number of nitrogens with zero attached hydrogens (tertiary/aromatic N) is 2. The summed E-state index contributed by atoms with van der Waals surface area (Å²) in [6.45, 7) is 5.06. The van der Waals surface area contributed by atoms with Crippen molar-refractivity contribution in [2.45, 2.75) is 33.1 Å². The van der Waals surface area contributed by atoms with Gasteiger partial charge in [-0.1, -0.05) is 0 Å². The number of likely N-dealkylation sites (tertiary alicyclic amines) is 2. The second-order valence-corrected chi connectivity index (χ2v) is 6.83. The van der Waals surface area contributed by atoms with Gasteiger partial charge in [-0.3, -0.25) is 14.4 Å². The first-order chi connectivity index (χ1) is 9.73. The lowest BCUT2D eigenvalue weighted by Gasteiger charge is -2.40. The van der Waals surface area contributed by atoms with Gasteiger partial charge < -0.3 is 14.9 Å². The van der Waals surface area contributed by atoms with Gasteiger partial charge in [0, 0.05) is 33.1 Å². The minimum atomic E-state index is -0.832. The van der Waals surface area contributed by atoms with Crippen LogP contribution in [0.2, 0.25) is 0 Å². The van der Waals surface area contributed by atoms with Crippen LogP contribution in [0, 0.1) is 17.3 Å². The Bertz CT molecular complexity index is 461. The molecule has 0 bridgehead atoms. The molecule has 6 nitrogen and oxygen atoms in total. The van der Waals surface area contributed by atoms with E-state index in [-0.39, 0.29) is 30.1 Å². The number of rotatable bonds is 3. The van der Waals surface area contributed by atoms with E-state index in [2.05, 4.69) is 0 Å². The minimum absolute atomic E-state index is 0.00131. The number of carbonyl (C=O) groups is 3. The number of aliphatic carboxylic acids is 1. The molecule has 2 saturated heterocycles. The number of carboxylic acid groups (broad SMARTS) is 1. The second-order valence-electron chi connectivity index (χ2n) is 6.83. The smallest absolute Gasteiger partial charge is 0.309 e. The molecule has 21 heavy (non-hydrogen) atoms. The molecule has 0 saturated carbocycles. The molecule has 2 fully saturated rings. The molecule has 0 aromatic carbocycles. The summed E-state index contributed by atoms with van der Waals surface area (Å²) in [6.07, 6.45) is 1.93. The van der Waals surface area contributed by atoms with Gasteiger partial charge in [0.2, 0.25) is 11.8 Å². The van der Waals surface area contributed by atoms with Crippen LogP contribution in [0.25, 0.3) is 0 Å². The first-order valence-electron chi connectivity index (χ1n) is 7.49. The number of hydrogen-bond acceptors (Lipinski definition) is 3. The number of hydrogen-bond donors (Lipinski definition) is 1. The van der Waals surface area contributed by atoms with Gasteiger partial charge in [-0.15, -0.1) is 0 Å². The zero-order valence-corrected chi connectivity index (χ0v) is 13.0. The van der Waals surface area contributed by atoms with E-state index >= 15 is 0 Å². The molecule has 0 aromatic heterocycles. The van der Waals surface area contributed by atoms with Crippen molar-refractivity contribution in [3.05, 3.63) is 0 Å². The van der Waals surface area contributed by atoms with Gasteiger partial charge in [0.25, 0.3) is 0 Å². The average Bonchev–Trinajstić information content (AvgIpc) is 2.78. The topological polar surface area (TPSA) is 77.9 Å². The molecule has 2 heterocycles. The quantitative estimate of drug-likeness (QED) is 0.836. The van der Waals surface area contributed by atoms with E-state index in [1.54, 1.807) is 30.7 Å². The molecule has 6 heteroatoms. The highest BCUT2D eigenvalue weighted by molar-refractivity contribution is 5.89. The van der Waals surface area contributed by atoms with E-state index in [1.807, 2.05) is 0 Å². The van der Waals surface area contributed by atoms with E-state index in [4.69, 9.17) is 0 Å². The van der Waals surface area contributed by atoms with E-state index < -0.39 is 11.4 Å². The molecule has 118 valence electrons. The van der Waals surface area contributed by atoms with Gasteiger partial charge in [-0.2, -0.15) is 0 Å². The second kappa shape index (κ2) is 5.66. The lowest BCUT2D eigenvalue weighted by molar-refractivity contribution is -0.153. The van der Waals surface area contributed by atoms with Crippen LogP contribution in [0.1, 0.15) is 33.1 Å². The normalized spacial score (nSPS) is 27.1. The number of carbonyl (C=O) groups excluding carboxylic acids is 2. The zero-order chi connectivity index (χ0) is 15.8. The Balaban J connectivity index is 2.03. The van der Waals surface area contributed by atoms with Crippen molar-refractivity contribution in [1.29, 1.82) is 0 Å². The van der Waals surface area contributed by atoms with Crippen LogP contribution < -0.4 is 0 Å². The third-order valence-corrected chi connectivity index (χ3v) is 5.00. The molecule has 0 aromatic rings. The van der Waals surface area contributed by atoms with Crippen LogP contribution in [0.4, 0.5) is 0 Å².